The molecule has 0 aliphatic heterocycles. The fraction of sp³-hybridized carbons (Fsp3) is 0.111. The van der Waals surface area contributed by atoms with Crippen LogP contribution < -0.4 is 5.32 Å². The number of hydrogen-bond donors (Lipinski definition) is 1. The van der Waals surface area contributed by atoms with Crippen LogP contribution in [0.15, 0.2) is 55.3 Å². The van der Waals surface area contributed by atoms with Crippen molar-refractivity contribution in [2.24, 2.45) is 0 Å². The highest BCUT2D eigenvalue weighted by Crippen LogP contribution is 2.31. The number of hydrogen-bond acceptors (Lipinski definition) is 2. The number of benzene rings is 1. The second-order valence-electron chi connectivity index (χ2n) is 5.48. The van der Waals surface area contributed by atoms with Gasteiger partial charge in [-0.05, 0) is 42.5 Å². The Labute approximate surface area is 145 Å². The number of carbonyl (C=O) groups excluding carboxylic acids is 1. The molecule has 4 nitrogen and oxygen atoms in total. The van der Waals surface area contributed by atoms with Gasteiger partial charge in [0.25, 0.3) is 0 Å². The van der Waals surface area contributed by atoms with E-state index in [0.29, 0.717) is 17.0 Å². The molecule has 3 aromatic rings. The Morgan fingerprint density at radius 3 is 2.50 bits per heavy atom. The van der Waals surface area contributed by atoms with Crippen LogP contribution >= 0.6 is 0 Å². The number of aromatic nitrogens is 2. The van der Waals surface area contributed by atoms with Gasteiger partial charge in [0.2, 0.25) is 5.91 Å². The minimum Gasteiger partial charge on any atom is -0.347 e. The van der Waals surface area contributed by atoms with Crippen LogP contribution in [0.5, 0.6) is 0 Å². The number of nitrogens with zero attached hydrogens (tertiary/aromatic N) is 2. The highest BCUT2D eigenvalue weighted by molar-refractivity contribution is 5.86. The predicted molar refractivity (Wildman–Crippen MR) is 87.6 cm³/mol. The first-order chi connectivity index (χ1) is 12.3. The molecule has 0 saturated heterocycles. The van der Waals surface area contributed by atoms with E-state index >= 15 is 0 Å². The predicted octanol–water partition coefficient (Wildman–Crippen LogP) is 3.96. The number of rotatable bonds is 4. The quantitative estimate of drug-likeness (QED) is 0.563. The van der Waals surface area contributed by atoms with Crippen molar-refractivity contribution in [2.75, 3.05) is 0 Å². The summed E-state index contributed by atoms with van der Waals surface area (Å²) in [4.78, 5) is 15.8. The Morgan fingerprint density at radius 2 is 1.88 bits per heavy atom. The van der Waals surface area contributed by atoms with Crippen molar-refractivity contribution in [1.82, 2.24) is 14.7 Å². The lowest BCUT2D eigenvalue weighted by molar-refractivity contribution is -0.137. The van der Waals surface area contributed by atoms with Gasteiger partial charge in [0, 0.05) is 11.8 Å². The van der Waals surface area contributed by atoms with Gasteiger partial charge in [0.1, 0.15) is 11.5 Å². The SMILES string of the molecule is C=CC(=O)NCc1c(-c2ccc(F)cc2)nc2ccc(C(F)(F)F)cn12. The molecule has 2 heterocycles. The molecule has 0 aliphatic rings. The number of amides is 1. The average Bonchev–Trinajstić information content (AvgIpc) is 2.97. The smallest absolute Gasteiger partial charge is 0.347 e. The summed E-state index contributed by atoms with van der Waals surface area (Å²) in [5.41, 5.74) is 0.651. The summed E-state index contributed by atoms with van der Waals surface area (Å²) in [5, 5.41) is 2.53. The second-order valence-corrected chi connectivity index (χ2v) is 5.48. The first kappa shape index (κ1) is 17.7. The molecule has 1 N–H and O–H groups in total. The van der Waals surface area contributed by atoms with Gasteiger partial charge >= 0.3 is 6.18 Å². The van der Waals surface area contributed by atoms with Crippen molar-refractivity contribution in [3.8, 4) is 11.3 Å². The maximum absolute atomic E-state index is 13.2. The van der Waals surface area contributed by atoms with Gasteiger partial charge in [-0.2, -0.15) is 13.2 Å². The monoisotopic (exact) mass is 363 g/mol. The molecule has 0 radical (unpaired) electrons. The number of carbonyl (C=O) groups is 1. The van der Waals surface area contributed by atoms with Crippen molar-refractivity contribution in [3.05, 3.63) is 72.3 Å². The Kier molecular flexibility index (Phi) is 4.50. The zero-order valence-corrected chi connectivity index (χ0v) is 13.3. The lowest BCUT2D eigenvalue weighted by Gasteiger charge is -2.09. The van der Waals surface area contributed by atoms with E-state index in [1.54, 1.807) is 0 Å². The van der Waals surface area contributed by atoms with E-state index < -0.39 is 23.5 Å². The summed E-state index contributed by atoms with van der Waals surface area (Å²) in [6, 6.07) is 7.58. The highest BCUT2D eigenvalue weighted by atomic mass is 19.4. The van der Waals surface area contributed by atoms with Gasteiger partial charge in [0.15, 0.2) is 0 Å². The molecule has 0 unspecified atom stereocenters. The average molecular weight is 363 g/mol. The molecule has 1 aromatic carbocycles. The fourth-order valence-electron chi connectivity index (χ4n) is 2.51. The molecule has 3 rings (SSSR count). The largest absolute Gasteiger partial charge is 0.417 e. The van der Waals surface area contributed by atoms with Crippen molar-refractivity contribution in [2.45, 2.75) is 12.7 Å². The molecule has 1 amide bonds. The first-order valence-electron chi connectivity index (χ1n) is 7.54. The van der Waals surface area contributed by atoms with E-state index in [1.165, 1.54) is 34.7 Å². The Morgan fingerprint density at radius 1 is 1.19 bits per heavy atom. The molecule has 0 aliphatic carbocycles. The third-order valence-electron chi connectivity index (χ3n) is 3.78. The van der Waals surface area contributed by atoms with Crippen LogP contribution in [-0.2, 0) is 17.5 Å². The Balaban J connectivity index is 2.17. The van der Waals surface area contributed by atoms with Crippen molar-refractivity contribution in [1.29, 1.82) is 0 Å². The first-order valence-corrected chi connectivity index (χ1v) is 7.54. The van der Waals surface area contributed by atoms with Crippen LogP contribution in [0.1, 0.15) is 11.3 Å². The molecule has 0 fully saturated rings. The lowest BCUT2D eigenvalue weighted by atomic mass is 10.1. The molecule has 2 aromatic heterocycles. The van der Waals surface area contributed by atoms with E-state index in [2.05, 4.69) is 16.9 Å². The minimum absolute atomic E-state index is 0.0694. The second kappa shape index (κ2) is 6.62. The van der Waals surface area contributed by atoms with Crippen molar-refractivity contribution >= 4 is 11.6 Å². The molecule has 0 saturated carbocycles. The topological polar surface area (TPSA) is 46.4 Å². The van der Waals surface area contributed by atoms with Crippen LogP contribution in [-0.4, -0.2) is 15.3 Å². The number of fused-ring (bicyclic) bond motifs is 1. The third kappa shape index (κ3) is 3.44. The van der Waals surface area contributed by atoms with Crippen molar-refractivity contribution < 1.29 is 22.4 Å². The van der Waals surface area contributed by atoms with Crippen LogP contribution in [0, 0.1) is 5.82 Å². The summed E-state index contributed by atoms with van der Waals surface area (Å²) in [6.45, 7) is 3.27. The summed E-state index contributed by atoms with van der Waals surface area (Å²) in [7, 11) is 0. The Hall–Kier alpha value is -3.16. The number of pyridine rings is 1. The zero-order valence-electron chi connectivity index (χ0n) is 13.3. The van der Waals surface area contributed by atoms with Gasteiger partial charge in [-0.3, -0.25) is 4.79 Å². The van der Waals surface area contributed by atoms with Crippen molar-refractivity contribution in [3.63, 3.8) is 0 Å². The summed E-state index contributed by atoms with van der Waals surface area (Å²) < 4.78 is 53.5. The summed E-state index contributed by atoms with van der Waals surface area (Å²) >= 11 is 0. The van der Waals surface area contributed by atoms with E-state index in [4.69, 9.17) is 0 Å². The summed E-state index contributed by atoms with van der Waals surface area (Å²) in [5.74, 6) is -0.921. The molecule has 0 atom stereocenters. The maximum atomic E-state index is 13.2. The molecular weight excluding hydrogens is 350 g/mol. The number of halogens is 4. The van der Waals surface area contributed by atoms with E-state index in [0.717, 1.165) is 18.3 Å². The minimum atomic E-state index is -4.52. The van der Waals surface area contributed by atoms with Crippen LogP contribution in [0.4, 0.5) is 17.6 Å². The van der Waals surface area contributed by atoms with Crippen LogP contribution in [0.2, 0.25) is 0 Å². The molecular formula is C18H13F4N3O. The molecule has 134 valence electrons. The molecule has 26 heavy (non-hydrogen) atoms. The standard InChI is InChI=1S/C18H13F4N3O/c1-2-16(26)23-9-14-17(11-3-6-13(19)7-4-11)24-15-8-5-12(10-25(14)15)18(20,21)22/h2-8,10H,1,9H2,(H,23,26). The molecule has 0 bridgehead atoms. The fourth-order valence-corrected chi connectivity index (χ4v) is 2.51. The Bertz CT molecular complexity index is 975. The highest BCUT2D eigenvalue weighted by Gasteiger charge is 2.31. The number of imidazole rings is 1. The summed E-state index contributed by atoms with van der Waals surface area (Å²) in [6.07, 6.45) is -2.54. The maximum Gasteiger partial charge on any atom is 0.417 e. The number of nitrogens with one attached hydrogen (secondary N) is 1. The van der Waals surface area contributed by atoms with Gasteiger partial charge in [-0.25, -0.2) is 9.37 Å². The van der Waals surface area contributed by atoms with E-state index in [-0.39, 0.29) is 12.2 Å². The lowest BCUT2D eigenvalue weighted by Crippen LogP contribution is -2.21. The molecule has 8 heteroatoms. The number of alkyl halides is 3. The van der Waals surface area contributed by atoms with Gasteiger partial charge < -0.3 is 9.72 Å². The molecule has 0 spiro atoms. The van der Waals surface area contributed by atoms with Gasteiger partial charge in [-0.15, -0.1) is 0 Å². The van der Waals surface area contributed by atoms with E-state index in [9.17, 15) is 22.4 Å². The van der Waals surface area contributed by atoms with E-state index in [1.807, 2.05) is 0 Å². The van der Waals surface area contributed by atoms with Crippen LogP contribution in [0.3, 0.4) is 0 Å². The van der Waals surface area contributed by atoms with Gasteiger partial charge in [-0.1, -0.05) is 6.58 Å². The van der Waals surface area contributed by atoms with Crippen LogP contribution in [0.25, 0.3) is 16.9 Å². The normalized spacial score (nSPS) is 11.5. The third-order valence-corrected chi connectivity index (χ3v) is 3.78. The zero-order chi connectivity index (χ0) is 18.9. The van der Waals surface area contributed by atoms with Gasteiger partial charge in [0.05, 0.1) is 23.5 Å².